The Balaban J connectivity index is 1.55. The van der Waals surface area contributed by atoms with Crippen molar-refractivity contribution >= 4 is 22.9 Å². The minimum absolute atomic E-state index is 0.0858. The molecule has 41 heavy (non-hydrogen) atoms. The molecule has 0 saturated heterocycles. The van der Waals surface area contributed by atoms with Crippen molar-refractivity contribution in [3.8, 4) is 0 Å². The van der Waals surface area contributed by atoms with Gasteiger partial charge in [-0.3, -0.25) is 9.59 Å². The molecule has 2 atom stereocenters. The molecule has 2 heterocycles. The summed E-state index contributed by atoms with van der Waals surface area (Å²) in [5.74, 6) is -0.833. The minimum atomic E-state index is -0.419. The number of esters is 1. The van der Waals surface area contributed by atoms with Crippen LogP contribution in [0.2, 0.25) is 0 Å². The van der Waals surface area contributed by atoms with Crippen LogP contribution in [0.1, 0.15) is 80.2 Å². The molecule has 3 aromatic carbocycles. The second-order valence-electron chi connectivity index (χ2n) is 11.5. The van der Waals surface area contributed by atoms with Gasteiger partial charge in [0.2, 0.25) is 0 Å². The summed E-state index contributed by atoms with van der Waals surface area (Å²) in [5, 5.41) is 8.77. The van der Waals surface area contributed by atoms with Crippen LogP contribution in [0.3, 0.4) is 0 Å². The Morgan fingerprint density at radius 1 is 0.951 bits per heavy atom. The second-order valence-corrected chi connectivity index (χ2v) is 11.5. The molecule has 4 aromatic rings. The van der Waals surface area contributed by atoms with Gasteiger partial charge < -0.3 is 9.64 Å². The topological polar surface area (TPSA) is 77.3 Å². The first-order chi connectivity index (χ1) is 19.6. The van der Waals surface area contributed by atoms with Crippen LogP contribution in [-0.4, -0.2) is 45.4 Å². The fraction of sp³-hybridized carbons (Fsp3) is 0.412. The van der Waals surface area contributed by atoms with Crippen molar-refractivity contribution in [1.82, 2.24) is 19.9 Å². The largest absolute Gasteiger partial charge is 0.469 e. The molecule has 0 bridgehead atoms. The van der Waals surface area contributed by atoms with Gasteiger partial charge in [0.1, 0.15) is 5.52 Å². The zero-order valence-electron chi connectivity index (χ0n) is 25.5. The Morgan fingerprint density at radius 3 is 2.32 bits per heavy atom. The summed E-state index contributed by atoms with van der Waals surface area (Å²) in [4.78, 5) is 28.8. The maximum atomic E-state index is 13.9. The van der Waals surface area contributed by atoms with Crippen molar-refractivity contribution in [3.05, 3.63) is 92.0 Å². The first-order valence-electron chi connectivity index (χ1n) is 14.5. The number of amides is 1. The van der Waals surface area contributed by atoms with Gasteiger partial charge in [-0.2, -0.15) is 0 Å². The van der Waals surface area contributed by atoms with Gasteiger partial charge in [0.25, 0.3) is 5.91 Å². The van der Waals surface area contributed by atoms with E-state index in [1.807, 2.05) is 43.3 Å². The van der Waals surface area contributed by atoms with E-state index in [0.717, 1.165) is 74.1 Å². The number of fused-ring (bicyclic) bond motifs is 2. The highest BCUT2D eigenvalue weighted by Crippen LogP contribution is 2.38. The minimum Gasteiger partial charge on any atom is -0.469 e. The van der Waals surface area contributed by atoms with Crippen LogP contribution in [0.5, 0.6) is 0 Å². The fourth-order valence-corrected chi connectivity index (χ4v) is 6.45. The van der Waals surface area contributed by atoms with E-state index in [1.54, 1.807) is 0 Å². The van der Waals surface area contributed by atoms with E-state index in [0.29, 0.717) is 13.1 Å². The molecule has 1 aliphatic heterocycles. The maximum absolute atomic E-state index is 13.9. The van der Waals surface area contributed by atoms with Crippen LogP contribution < -0.4 is 0 Å². The molecule has 1 aliphatic rings. The summed E-state index contributed by atoms with van der Waals surface area (Å²) in [7, 11) is 1.44. The van der Waals surface area contributed by atoms with Crippen molar-refractivity contribution in [2.75, 3.05) is 13.7 Å². The number of carbonyl (C=O) groups is 2. The maximum Gasteiger partial charge on any atom is 0.309 e. The summed E-state index contributed by atoms with van der Waals surface area (Å²) in [6.07, 6.45) is 0.798. The van der Waals surface area contributed by atoms with E-state index in [1.165, 1.54) is 12.7 Å². The van der Waals surface area contributed by atoms with Gasteiger partial charge in [0.15, 0.2) is 0 Å². The number of rotatable bonds is 6. The molecular weight excluding hydrogens is 512 g/mol. The highest BCUT2D eigenvalue weighted by molar-refractivity contribution is 5.98. The average molecular weight is 553 g/mol. The van der Waals surface area contributed by atoms with E-state index in [2.05, 4.69) is 61.4 Å². The summed E-state index contributed by atoms with van der Waals surface area (Å²) >= 11 is 0. The summed E-state index contributed by atoms with van der Waals surface area (Å²) < 4.78 is 7.10. The molecule has 0 N–H and O–H groups in total. The smallest absolute Gasteiger partial charge is 0.309 e. The number of aromatic nitrogens is 3. The normalized spacial score (nSPS) is 14.6. The Morgan fingerprint density at radius 2 is 1.66 bits per heavy atom. The van der Waals surface area contributed by atoms with Gasteiger partial charge in [-0.05, 0) is 104 Å². The predicted molar refractivity (Wildman–Crippen MR) is 161 cm³/mol. The van der Waals surface area contributed by atoms with Gasteiger partial charge >= 0.3 is 5.97 Å². The third kappa shape index (κ3) is 4.92. The lowest BCUT2D eigenvalue weighted by Crippen LogP contribution is -2.37. The SMILES string of the molecule is CCn1nnc2c(C)c([C@H](c3ccc4c(c3)CN(C(=O)c3c(C)c(C)cc(C)c3C)CC4)[C@H](C)C(=O)OC)ccc21. The number of ether oxygens (including phenoxy) is 1. The predicted octanol–water partition coefficient (Wildman–Crippen LogP) is 6.13. The van der Waals surface area contributed by atoms with Crippen molar-refractivity contribution in [3.63, 3.8) is 0 Å². The van der Waals surface area contributed by atoms with Crippen LogP contribution in [0.25, 0.3) is 11.0 Å². The van der Waals surface area contributed by atoms with Crippen LogP contribution >= 0.6 is 0 Å². The van der Waals surface area contributed by atoms with Gasteiger partial charge in [-0.15, -0.1) is 5.10 Å². The molecule has 1 aromatic heterocycles. The molecule has 0 radical (unpaired) electrons. The van der Waals surface area contributed by atoms with Crippen LogP contribution in [0.4, 0.5) is 0 Å². The van der Waals surface area contributed by atoms with E-state index in [-0.39, 0.29) is 17.8 Å². The number of hydrogen-bond donors (Lipinski definition) is 0. The van der Waals surface area contributed by atoms with Crippen LogP contribution in [0.15, 0.2) is 36.4 Å². The van der Waals surface area contributed by atoms with Gasteiger partial charge in [0.05, 0.1) is 18.5 Å². The molecule has 214 valence electrons. The zero-order chi connectivity index (χ0) is 29.6. The molecule has 7 heteroatoms. The number of carbonyl (C=O) groups excluding carboxylic acids is 2. The molecule has 5 rings (SSSR count). The first-order valence-corrected chi connectivity index (χ1v) is 14.5. The molecule has 0 saturated carbocycles. The molecule has 7 nitrogen and oxygen atoms in total. The van der Waals surface area contributed by atoms with Crippen molar-refractivity contribution < 1.29 is 14.3 Å². The third-order valence-electron chi connectivity index (χ3n) is 9.16. The standard InChI is InChI=1S/C34H40N4O3/c1-9-38-29-13-12-28(23(6)32(29)35-36-38)31(24(7)34(40)41-8)26-11-10-25-14-15-37(18-27(25)17-26)33(39)30-21(4)19(2)16-20(3)22(30)5/h10-13,16-17,24,31H,9,14-15,18H2,1-8H3/t24-,31-/m0/s1. The van der Waals surface area contributed by atoms with E-state index >= 15 is 0 Å². The van der Waals surface area contributed by atoms with E-state index < -0.39 is 5.92 Å². The van der Waals surface area contributed by atoms with Crippen molar-refractivity contribution in [2.45, 2.75) is 73.9 Å². The molecule has 1 amide bonds. The second kappa shape index (κ2) is 11.1. The Bertz CT molecular complexity index is 1640. The van der Waals surface area contributed by atoms with Gasteiger partial charge in [-0.25, -0.2) is 4.68 Å². The number of nitrogens with zero attached hydrogens (tertiary/aromatic N) is 4. The summed E-state index contributed by atoms with van der Waals surface area (Å²) in [6, 6.07) is 12.8. The lowest BCUT2D eigenvalue weighted by Gasteiger charge is -2.32. The zero-order valence-corrected chi connectivity index (χ0v) is 25.5. The number of methoxy groups -OCH3 is 1. The van der Waals surface area contributed by atoms with Gasteiger partial charge in [-0.1, -0.05) is 42.5 Å². The lowest BCUT2D eigenvalue weighted by atomic mass is 9.78. The van der Waals surface area contributed by atoms with Crippen molar-refractivity contribution in [2.24, 2.45) is 5.92 Å². The molecule has 0 fully saturated rings. The van der Waals surface area contributed by atoms with Crippen LogP contribution in [0, 0.1) is 40.5 Å². The number of hydrogen-bond acceptors (Lipinski definition) is 5. The van der Waals surface area contributed by atoms with Crippen LogP contribution in [-0.2, 0) is 29.0 Å². The number of aryl methyl sites for hydroxylation is 4. The van der Waals surface area contributed by atoms with Gasteiger partial charge in [0, 0.05) is 31.1 Å². The van der Waals surface area contributed by atoms with E-state index in [9.17, 15) is 9.59 Å². The quantitative estimate of drug-likeness (QED) is 0.269. The lowest BCUT2D eigenvalue weighted by molar-refractivity contribution is -0.145. The molecule has 0 unspecified atom stereocenters. The summed E-state index contributed by atoms with van der Waals surface area (Å²) in [5.41, 5.74) is 12.5. The highest BCUT2D eigenvalue weighted by atomic mass is 16.5. The number of benzene rings is 3. The molecule has 0 spiro atoms. The Kier molecular flexibility index (Phi) is 7.73. The summed E-state index contributed by atoms with van der Waals surface area (Å²) in [6.45, 7) is 16.2. The Hall–Kier alpha value is -4.00. The Labute approximate surface area is 242 Å². The monoisotopic (exact) mass is 552 g/mol. The average Bonchev–Trinajstić information content (AvgIpc) is 3.40. The first kappa shape index (κ1) is 28.5. The fourth-order valence-electron chi connectivity index (χ4n) is 6.45. The third-order valence-corrected chi connectivity index (χ3v) is 9.16. The van der Waals surface area contributed by atoms with E-state index in [4.69, 9.17) is 4.74 Å². The highest BCUT2D eigenvalue weighted by Gasteiger charge is 2.32. The molecular formula is C34H40N4O3. The van der Waals surface area contributed by atoms with Crippen molar-refractivity contribution in [1.29, 1.82) is 0 Å². The molecule has 0 aliphatic carbocycles.